The fourth-order valence-electron chi connectivity index (χ4n) is 4.44. The molecule has 3 heterocycles. The normalized spacial score (nSPS) is 23.1. The van der Waals surface area contributed by atoms with Crippen LogP contribution in [0, 0.1) is 25.7 Å². The highest BCUT2D eigenvalue weighted by atomic mass is 16.4. The number of hydrogen-bond donors (Lipinski definition) is 2. The van der Waals surface area contributed by atoms with Crippen molar-refractivity contribution in [3.8, 4) is 0 Å². The Balaban J connectivity index is 0.000000516. The molecule has 3 atom stereocenters. The summed E-state index contributed by atoms with van der Waals surface area (Å²) in [5, 5.41) is 10.9. The molecule has 1 amide bonds. The minimum atomic E-state index is -0.833. The van der Waals surface area contributed by atoms with E-state index in [4.69, 9.17) is 9.90 Å². The van der Waals surface area contributed by atoms with Crippen LogP contribution in [0.25, 0.3) is 0 Å². The molecule has 0 saturated carbocycles. The van der Waals surface area contributed by atoms with E-state index in [0.29, 0.717) is 11.8 Å². The molecule has 6 heteroatoms. The molecule has 0 unspecified atom stereocenters. The van der Waals surface area contributed by atoms with E-state index >= 15 is 0 Å². The number of aryl methyl sites for hydroxylation is 2. The van der Waals surface area contributed by atoms with Gasteiger partial charge in [0.25, 0.3) is 11.9 Å². The molecule has 0 spiro atoms. The Morgan fingerprint density at radius 2 is 1.82 bits per heavy atom. The number of aliphatic carboxylic acids is 1. The number of aromatic nitrogens is 1. The highest BCUT2D eigenvalue weighted by Gasteiger charge is 2.47. The SMILES string of the molecule is CC(=O)O.Cc1ccccc1[C@H]1[C@H]2CNC[C@H]2CN1C(=O)c1ccn(C)c1C. The number of nitrogens with zero attached hydrogens (tertiary/aromatic N) is 2. The maximum Gasteiger partial charge on any atom is 0.300 e. The van der Waals surface area contributed by atoms with Gasteiger partial charge in [0.1, 0.15) is 0 Å². The molecular formula is C22H29N3O3. The van der Waals surface area contributed by atoms with Crippen LogP contribution in [-0.4, -0.2) is 46.1 Å². The van der Waals surface area contributed by atoms with Crippen molar-refractivity contribution in [3.05, 3.63) is 58.9 Å². The Morgan fingerprint density at radius 3 is 2.43 bits per heavy atom. The predicted molar refractivity (Wildman–Crippen MR) is 108 cm³/mol. The molecule has 1 aromatic heterocycles. The molecule has 0 aliphatic carbocycles. The number of amides is 1. The van der Waals surface area contributed by atoms with Crippen LogP contribution in [0.15, 0.2) is 36.5 Å². The first-order valence-electron chi connectivity index (χ1n) is 9.70. The van der Waals surface area contributed by atoms with Crippen LogP contribution in [0.4, 0.5) is 0 Å². The highest BCUT2D eigenvalue weighted by Crippen LogP contribution is 2.44. The van der Waals surface area contributed by atoms with Gasteiger partial charge in [-0.3, -0.25) is 9.59 Å². The van der Waals surface area contributed by atoms with E-state index in [1.165, 1.54) is 11.1 Å². The second kappa shape index (κ2) is 8.19. The van der Waals surface area contributed by atoms with Gasteiger partial charge < -0.3 is 19.9 Å². The summed E-state index contributed by atoms with van der Waals surface area (Å²) in [6.45, 7) is 8.13. The van der Waals surface area contributed by atoms with Gasteiger partial charge in [-0.15, -0.1) is 0 Å². The number of hydrogen-bond acceptors (Lipinski definition) is 3. The highest BCUT2D eigenvalue weighted by molar-refractivity contribution is 5.96. The maximum absolute atomic E-state index is 13.3. The van der Waals surface area contributed by atoms with Crippen LogP contribution in [0.3, 0.4) is 0 Å². The lowest BCUT2D eigenvalue weighted by atomic mass is 9.87. The molecule has 2 aromatic rings. The summed E-state index contributed by atoms with van der Waals surface area (Å²) in [6, 6.07) is 10.7. The van der Waals surface area contributed by atoms with Gasteiger partial charge in [-0.2, -0.15) is 0 Å². The number of carbonyl (C=O) groups excluding carboxylic acids is 1. The molecule has 4 rings (SSSR count). The van der Waals surface area contributed by atoms with Crippen LogP contribution in [0.2, 0.25) is 0 Å². The second-order valence-corrected chi connectivity index (χ2v) is 7.79. The summed E-state index contributed by atoms with van der Waals surface area (Å²) in [7, 11) is 1.99. The van der Waals surface area contributed by atoms with Gasteiger partial charge in [-0.25, -0.2) is 0 Å². The van der Waals surface area contributed by atoms with Crippen LogP contribution in [0.5, 0.6) is 0 Å². The summed E-state index contributed by atoms with van der Waals surface area (Å²) < 4.78 is 2.02. The van der Waals surface area contributed by atoms with Crippen molar-refractivity contribution in [2.45, 2.75) is 26.8 Å². The quantitative estimate of drug-likeness (QED) is 0.836. The van der Waals surface area contributed by atoms with Crippen molar-refractivity contribution in [1.29, 1.82) is 0 Å². The van der Waals surface area contributed by atoms with Crippen LogP contribution < -0.4 is 5.32 Å². The first-order valence-corrected chi connectivity index (χ1v) is 9.70. The number of fused-ring (bicyclic) bond motifs is 1. The van der Waals surface area contributed by atoms with Gasteiger partial charge in [0.05, 0.1) is 11.6 Å². The van der Waals surface area contributed by atoms with E-state index in [9.17, 15) is 4.79 Å². The number of carboxylic acids is 1. The van der Waals surface area contributed by atoms with Crippen LogP contribution in [-0.2, 0) is 11.8 Å². The summed E-state index contributed by atoms with van der Waals surface area (Å²) >= 11 is 0. The molecule has 150 valence electrons. The Labute approximate surface area is 166 Å². The monoisotopic (exact) mass is 383 g/mol. The average molecular weight is 383 g/mol. The van der Waals surface area contributed by atoms with Crippen molar-refractivity contribution in [2.75, 3.05) is 19.6 Å². The third-order valence-corrected chi connectivity index (χ3v) is 5.95. The van der Waals surface area contributed by atoms with Crippen molar-refractivity contribution in [2.24, 2.45) is 18.9 Å². The summed E-state index contributed by atoms with van der Waals surface area (Å²) in [6.07, 6.45) is 1.98. The molecule has 2 saturated heterocycles. The molecule has 1 aromatic carbocycles. The molecule has 2 aliphatic rings. The molecular weight excluding hydrogens is 354 g/mol. The smallest absolute Gasteiger partial charge is 0.300 e. The number of carbonyl (C=O) groups is 2. The van der Waals surface area contributed by atoms with Crippen LogP contribution in [0.1, 0.15) is 40.1 Å². The Morgan fingerprint density at radius 1 is 1.14 bits per heavy atom. The van der Waals surface area contributed by atoms with E-state index in [0.717, 1.165) is 37.8 Å². The summed E-state index contributed by atoms with van der Waals surface area (Å²) in [5.74, 6) is 0.414. The van der Waals surface area contributed by atoms with Crippen molar-refractivity contribution in [3.63, 3.8) is 0 Å². The number of likely N-dealkylation sites (tertiary alicyclic amines) is 1. The third kappa shape index (κ3) is 3.83. The van der Waals surface area contributed by atoms with Gasteiger partial charge in [0, 0.05) is 51.4 Å². The number of benzene rings is 1. The molecule has 6 nitrogen and oxygen atoms in total. The summed E-state index contributed by atoms with van der Waals surface area (Å²) in [5.41, 5.74) is 4.45. The van der Waals surface area contributed by atoms with Gasteiger partial charge in [-0.1, -0.05) is 24.3 Å². The topological polar surface area (TPSA) is 74.6 Å². The second-order valence-electron chi connectivity index (χ2n) is 7.79. The Hall–Kier alpha value is -2.60. The zero-order chi connectivity index (χ0) is 20.4. The molecule has 0 radical (unpaired) electrons. The molecule has 0 bridgehead atoms. The van der Waals surface area contributed by atoms with Gasteiger partial charge in [-0.05, 0) is 37.0 Å². The van der Waals surface area contributed by atoms with Crippen LogP contribution >= 0.6 is 0 Å². The largest absolute Gasteiger partial charge is 0.481 e. The predicted octanol–water partition coefficient (Wildman–Crippen LogP) is 2.77. The first-order chi connectivity index (χ1) is 13.3. The van der Waals surface area contributed by atoms with E-state index in [1.54, 1.807) is 0 Å². The Bertz CT molecular complexity index is 870. The number of rotatable bonds is 2. The summed E-state index contributed by atoms with van der Waals surface area (Å²) in [4.78, 5) is 24.4. The van der Waals surface area contributed by atoms with Crippen molar-refractivity contribution < 1.29 is 14.7 Å². The lowest BCUT2D eigenvalue weighted by Crippen LogP contribution is -2.35. The average Bonchev–Trinajstić information content (AvgIpc) is 3.30. The minimum absolute atomic E-state index is 0.177. The minimum Gasteiger partial charge on any atom is -0.481 e. The molecule has 2 N–H and O–H groups in total. The molecule has 2 fully saturated rings. The first kappa shape index (κ1) is 20.1. The maximum atomic E-state index is 13.3. The van der Waals surface area contributed by atoms with E-state index < -0.39 is 5.97 Å². The van der Waals surface area contributed by atoms with E-state index in [1.807, 2.05) is 30.8 Å². The van der Waals surface area contributed by atoms with Gasteiger partial charge >= 0.3 is 0 Å². The van der Waals surface area contributed by atoms with Gasteiger partial charge in [0.2, 0.25) is 0 Å². The number of carboxylic acid groups (broad SMARTS) is 1. The Kier molecular flexibility index (Phi) is 5.89. The van der Waals surface area contributed by atoms with E-state index in [-0.39, 0.29) is 11.9 Å². The molecule has 2 aliphatic heterocycles. The zero-order valence-corrected chi connectivity index (χ0v) is 17.0. The van der Waals surface area contributed by atoms with E-state index in [2.05, 4.69) is 41.4 Å². The van der Waals surface area contributed by atoms with Gasteiger partial charge in [0.15, 0.2) is 0 Å². The zero-order valence-electron chi connectivity index (χ0n) is 17.0. The lowest BCUT2D eigenvalue weighted by Gasteiger charge is -2.29. The lowest BCUT2D eigenvalue weighted by molar-refractivity contribution is -0.134. The molecule has 28 heavy (non-hydrogen) atoms. The van der Waals surface area contributed by atoms with Crippen molar-refractivity contribution >= 4 is 11.9 Å². The number of nitrogens with one attached hydrogen (secondary N) is 1. The van der Waals surface area contributed by atoms with Crippen molar-refractivity contribution in [1.82, 2.24) is 14.8 Å². The fraction of sp³-hybridized carbons (Fsp3) is 0.455. The fourth-order valence-corrected chi connectivity index (χ4v) is 4.44. The standard InChI is InChI=1S/C20H25N3O.C2H4O2/c1-13-6-4-5-7-16(13)19-18-11-21-10-15(18)12-23(19)20(24)17-8-9-22(3)14(17)2;1-2(3)4/h4-9,15,18-19,21H,10-12H2,1-3H3;1H3,(H,3,4)/t15-,18-,19-;/m0./s1. The third-order valence-electron chi connectivity index (χ3n) is 5.95.